The average Bonchev–Trinajstić information content (AvgIpc) is 3.04. The smallest absolute Gasteiger partial charge is 0.142 e. The molecule has 0 unspecified atom stereocenters. The maximum atomic E-state index is 10.6. The highest BCUT2D eigenvalue weighted by atomic mass is 16.5. The van der Waals surface area contributed by atoms with Crippen molar-refractivity contribution in [1.82, 2.24) is 9.55 Å². The van der Waals surface area contributed by atoms with E-state index in [2.05, 4.69) is 17.1 Å². The molecule has 0 fully saturated rings. The number of aliphatic hydroxyl groups excluding tert-OH is 1. The minimum Gasteiger partial charge on any atom is -0.494 e. The molecule has 0 saturated heterocycles. The number of aromatic nitrogens is 2. The van der Waals surface area contributed by atoms with Crippen LogP contribution in [0, 0.1) is 0 Å². The zero-order chi connectivity index (χ0) is 16.1. The lowest BCUT2D eigenvalue weighted by Gasteiger charge is -2.14. The summed E-state index contributed by atoms with van der Waals surface area (Å²) in [5.74, 6) is 1.44. The summed E-state index contributed by atoms with van der Waals surface area (Å²) in [7, 11) is 0. The van der Waals surface area contributed by atoms with Gasteiger partial charge in [-0.3, -0.25) is 0 Å². The Balaban J connectivity index is 1.80. The highest BCUT2D eigenvalue weighted by molar-refractivity contribution is 5.31. The van der Waals surface area contributed by atoms with Crippen molar-refractivity contribution in [3.8, 4) is 5.75 Å². The van der Waals surface area contributed by atoms with Gasteiger partial charge in [-0.15, -0.1) is 0 Å². The van der Waals surface area contributed by atoms with Crippen LogP contribution in [0.3, 0.4) is 0 Å². The van der Waals surface area contributed by atoms with E-state index in [1.807, 2.05) is 60.2 Å². The molecule has 0 bridgehead atoms. The van der Waals surface area contributed by atoms with E-state index < -0.39 is 6.10 Å². The predicted molar refractivity (Wildman–Crippen MR) is 89.4 cm³/mol. The van der Waals surface area contributed by atoms with Crippen LogP contribution in [0.25, 0.3) is 0 Å². The fourth-order valence-electron chi connectivity index (χ4n) is 2.54. The van der Waals surface area contributed by atoms with Crippen molar-refractivity contribution < 1.29 is 9.84 Å². The van der Waals surface area contributed by atoms with Crippen LogP contribution < -0.4 is 4.74 Å². The van der Waals surface area contributed by atoms with E-state index in [-0.39, 0.29) is 0 Å². The van der Waals surface area contributed by atoms with E-state index >= 15 is 0 Å². The average molecular weight is 308 g/mol. The molecule has 3 rings (SSSR count). The second-order valence-corrected chi connectivity index (χ2v) is 5.30. The monoisotopic (exact) mass is 308 g/mol. The van der Waals surface area contributed by atoms with Gasteiger partial charge in [0.25, 0.3) is 0 Å². The summed E-state index contributed by atoms with van der Waals surface area (Å²) in [6.45, 7) is 3.26. The van der Waals surface area contributed by atoms with Crippen molar-refractivity contribution in [1.29, 1.82) is 0 Å². The molecule has 2 aromatic carbocycles. The van der Waals surface area contributed by atoms with Crippen LogP contribution in [0.15, 0.2) is 67.0 Å². The minimum absolute atomic E-state index is 0.628. The Morgan fingerprint density at radius 1 is 1.09 bits per heavy atom. The third kappa shape index (κ3) is 3.60. The first-order chi connectivity index (χ1) is 11.3. The van der Waals surface area contributed by atoms with Crippen LogP contribution >= 0.6 is 0 Å². The van der Waals surface area contributed by atoms with Crippen molar-refractivity contribution in [3.63, 3.8) is 0 Å². The van der Waals surface area contributed by atoms with Crippen LogP contribution in [0.2, 0.25) is 0 Å². The second kappa shape index (κ2) is 7.11. The van der Waals surface area contributed by atoms with Crippen LogP contribution in [0.1, 0.15) is 30.0 Å². The normalized spacial score (nSPS) is 12.1. The molecule has 0 radical (unpaired) electrons. The Kier molecular flexibility index (Phi) is 4.74. The first-order valence-corrected chi connectivity index (χ1v) is 7.73. The Bertz CT molecular complexity index is 736. The van der Waals surface area contributed by atoms with Gasteiger partial charge in [-0.1, -0.05) is 42.5 Å². The highest BCUT2D eigenvalue weighted by Gasteiger charge is 2.16. The van der Waals surface area contributed by atoms with E-state index in [0.29, 0.717) is 19.0 Å². The van der Waals surface area contributed by atoms with Crippen molar-refractivity contribution in [3.05, 3.63) is 83.9 Å². The Hall–Kier alpha value is -2.59. The summed E-state index contributed by atoms with van der Waals surface area (Å²) < 4.78 is 7.40. The second-order valence-electron chi connectivity index (χ2n) is 5.30. The van der Waals surface area contributed by atoms with Gasteiger partial charge in [-0.2, -0.15) is 0 Å². The number of nitrogens with zero attached hydrogens (tertiary/aromatic N) is 2. The zero-order valence-corrected chi connectivity index (χ0v) is 13.1. The van der Waals surface area contributed by atoms with E-state index in [1.165, 1.54) is 5.56 Å². The molecule has 0 saturated carbocycles. The maximum Gasteiger partial charge on any atom is 0.142 e. The summed E-state index contributed by atoms with van der Waals surface area (Å²) in [5, 5.41) is 10.6. The summed E-state index contributed by atoms with van der Waals surface area (Å²) in [4.78, 5) is 4.33. The number of benzene rings is 2. The van der Waals surface area contributed by atoms with Gasteiger partial charge in [-0.05, 0) is 30.2 Å². The zero-order valence-electron chi connectivity index (χ0n) is 13.1. The van der Waals surface area contributed by atoms with Crippen LogP contribution in [-0.2, 0) is 6.54 Å². The van der Waals surface area contributed by atoms with Gasteiger partial charge in [0.15, 0.2) is 0 Å². The van der Waals surface area contributed by atoms with Crippen LogP contribution in [-0.4, -0.2) is 21.3 Å². The first kappa shape index (κ1) is 15.3. The molecule has 1 atom stereocenters. The Morgan fingerprint density at radius 3 is 2.52 bits per heavy atom. The molecular formula is C19H20N2O2. The summed E-state index contributed by atoms with van der Waals surface area (Å²) in [6, 6.07) is 17.6. The first-order valence-electron chi connectivity index (χ1n) is 7.73. The van der Waals surface area contributed by atoms with Crippen molar-refractivity contribution in [2.24, 2.45) is 0 Å². The van der Waals surface area contributed by atoms with E-state index in [1.54, 1.807) is 6.20 Å². The number of aliphatic hydroxyl groups is 1. The van der Waals surface area contributed by atoms with Gasteiger partial charge >= 0.3 is 0 Å². The van der Waals surface area contributed by atoms with Gasteiger partial charge in [0.05, 0.1) is 6.61 Å². The molecule has 0 aliphatic carbocycles. The fraction of sp³-hybridized carbons (Fsp3) is 0.211. The molecule has 118 valence electrons. The number of hydrogen-bond donors (Lipinski definition) is 1. The van der Waals surface area contributed by atoms with Crippen LogP contribution in [0.4, 0.5) is 0 Å². The molecule has 1 heterocycles. The lowest BCUT2D eigenvalue weighted by Crippen LogP contribution is -2.10. The SMILES string of the molecule is CCOc1ccc([C@@H](O)c2nccn2Cc2ccccc2)cc1. The minimum atomic E-state index is -0.760. The molecule has 1 N–H and O–H groups in total. The summed E-state index contributed by atoms with van der Waals surface area (Å²) in [5.41, 5.74) is 1.97. The van der Waals surface area contributed by atoms with Gasteiger partial charge in [0, 0.05) is 18.9 Å². The third-order valence-electron chi connectivity index (χ3n) is 3.69. The van der Waals surface area contributed by atoms with Crippen LogP contribution in [0.5, 0.6) is 5.75 Å². The van der Waals surface area contributed by atoms with Crippen molar-refractivity contribution >= 4 is 0 Å². The number of rotatable bonds is 6. The highest BCUT2D eigenvalue weighted by Crippen LogP contribution is 2.23. The Labute approximate surface area is 136 Å². The molecular weight excluding hydrogens is 288 g/mol. The molecule has 0 aliphatic heterocycles. The molecule has 0 aliphatic rings. The number of hydrogen-bond acceptors (Lipinski definition) is 3. The van der Waals surface area contributed by atoms with E-state index in [4.69, 9.17) is 4.74 Å². The number of imidazole rings is 1. The fourth-order valence-corrected chi connectivity index (χ4v) is 2.54. The maximum absolute atomic E-state index is 10.6. The molecule has 1 aromatic heterocycles. The van der Waals surface area contributed by atoms with Gasteiger partial charge < -0.3 is 14.4 Å². The van der Waals surface area contributed by atoms with Crippen molar-refractivity contribution in [2.45, 2.75) is 19.6 Å². The van der Waals surface area contributed by atoms with E-state index in [9.17, 15) is 5.11 Å². The quantitative estimate of drug-likeness (QED) is 0.759. The van der Waals surface area contributed by atoms with Gasteiger partial charge in [-0.25, -0.2) is 4.98 Å². The lowest BCUT2D eigenvalue weighted by atomic mass is 10.1. The van der Waals surface area contributed by atoms with E-state index in [0.717, 1.165) is 11.3 Å². The standard InChI is InChI=1S/C19H20N2O2/c1-2-23-17-10-8-16(9-11-17)18(22)19-20-12-13-21(19)14-15-6-4-3-5-7-15/h3-13,18,22H,2,14H2,1H3/t18-/m1/s1. The number of ether oxygens (including phenoxy) is 1. The van der Waals surface area contributed by atoms with Gasteiger partial charge in [0.1, 0.15) is 17.7 Å². The predicted octanol–water partition coefficient (Wildman–Crippen LogP) is 3.41. The third-order valence-corrected chi connectivity index (χ3v) is 3.69. The Morgan fingerprint density at radius 2 is 1.83 bits per heavy atom. The summed E-state index contributed by atoms with van der Waals surface area (Å²) >= 11 is 0. The molecule has 3 aromatic rings. The molecule has 23 heavy (non-hydrogen) atoms. The molecule has 4 nitrogen and oxygen atoms in total. The molecule has 4 heteroatoms. The molecule has 0 spiro atoms. The lowest BCUT2D eigenvalue weighted by molar-refractivity contribution is 0.205. The van der Waals surface area contributed by atoms with Crippen molar-refractivity contribution in [2.75, 3.05) is 6.61 Å². The largest absolute Gasteiger partial charge is 0.494 e. The topological polar surface area (TPSA) is 47.3 Å². The summed E-state index contributed by atoms with van der Waals surface area (Å²) in [6.07, 6.45) is 2.85. The van der Waals surface area contributed by atoms with Gasteiger partial charge in [0.2, 0.25) is 0 Å². The molecule has 0 amide bonds.